The SMILES string of the molecule is CCCCN(CCCC)c1nc(-c2c(C)cc(C(C)(C)C)cc2C)c(C=O)s1.CCCCN(CCCC)c1nc(-c2c(CO)cc(CO)cc2OC)c(C=O)s1.CCN(CC)c1nc(-c2c(C)cc(OC(C)C)cc2C)c(C=O)s1.COc1cc(C)cc(CO)c1-c1nc(N(C2CCCCC2)C2CCCCC2)sc1C=O. The number of carbonyl (C=O) groups excluding carboxylic acids is 4. The lowest BCUT2D eigenvalue weighted by molar-refractivity contribution is 0.111. The maximum atomic E-state index is 12.1. The number of aldehydes is 4. The van der Waals surface area contributed by atoms with Gasteiger partial charge < -0.3 is 49.1 Å². The molecule has 0 spiro atoms. The summed E-state index contributed by atoms with van der Waals surface area (Å²) in [6.45, 7) is 39.0. The van der Waals surface area contributed by atoms with Gasteiger partial charge in [0.05, 0.1) is 82.4 Å². The third-order valence-electron chi connectivity index (χ3n) is 20.6. The van der Waals surface area contributed by atoms with Crippen LogP contribution in [0.25, 0.3) is 45.0 Å². The van der Waals surface area contributed by atoms with Crippen LogP contribution >= 0.6 is 45.3 Å². The van der Waals surface area contributed by atoms with Gasteiger partial charge in [-0.2, -0.15) is 0 Å². The number of hydrogen-bond donors (Lipinski definition) is 3. The Morgan fingerprint density at radius 1 is 0.459 bits per heavy atom. The number of aryl methyl sites for hydroxylation is 5. The molecule has 0 atom stereocenters. The molecule has 111 heavy (non-hydrogen) atoms. The number of aromatic nitrogens is 4. The molecule has 2 saturated carbocycles. The van der Waals surface area contributed by atoms with Gasteiger partial charge >= 0.3 is 0 Å². The molecule has 0 bridgehead atoms. The van der Waals surface area contributed by atoms with Crippen molar-refractivity contribution >= 4 is 91.0 Å². The van der Waals surface area contributed by atoms with Crippen LogP contribution in [0.2, 0.25) is 0 Å². The summed E-state index contributed by atoms with van der Waals surface area (Å²) in [5.41, 5.74) is 15.2. The molecule has 22 heteroatoms. The van der Waals surface area contributed by atoms with Crippen LogP contribution in [-0.2, 0) is 25.2 Å². The van der Waals surface area contributed by atoms with Crippen LogP contribution < -0.4 is 33.8 Å². The molecule has 0 saturated heterocycles. The number of carbonyl (C=O) groups is 4. The predicted molar refractivity (Wildman–Crippen MR) is 465 cm³/mol. The number of aliphatic hydroxyl groups excluding tert-OH is 3. The quantitative estimate of drug-likeness (QED) is 0.0314. The second-order valence-corrected chi connectivity index (χ2v) is 34.5. The van der Waals surface area contributed by atoms with E-state index in [0.29, 0.717) is 66.3 Å². The Kier molecular flexibility index (Phi) is 36.7. The van der Waals surface area contributed by atoms with Crippen LogP contribution in [-0.4, -0.2) is 132 Å². The van der Waals surface area contributed by atoms with Crippen molar-refractivity contribution in [3.8, 4) is 62.3 Å². The fraction of sp³-hybridized carbons (Fsp3) is 0.551. The number of nitrogens with zero attached hydrogens (tertiary/aromatic N) is 8. The van der Waals surface area contributed by atoms with Gasteiger partial charge in [0.15, 0.2) is 45.7 Å². The molecule has 10 rings (SSSR count). The number of benzene rings is 4. The molecule has 4 aromatic carbocycles. The molecule has 606 valence electrons. The highest BCUT2D eigenvalue weighted by molar-refractivity contribution is 7.18. The maximum absolute atomic E-state index is 12.1. The van der Waals surface area contributed by atoms with E-state index in [1.807, 2.05) is 58.9 Å². The zero-order valence-corrected chi connectivity index (χ0v) is 72.9. The van der Waals surface area contributed by atoms with Gasteiger partial charge in [0.25, 0.3) is 0 Å². The second kappa shape index (κ2) is 44.9. The molecule has 2 aliphatic carbocycles. The highest BCUT2D eigenvalue weighted by Gasteiger charge is 2.34. The van der Waals surface area contributed by atoms with Gasteiger partial charge in [-0.3, -0.25) is 19.2 Å². The highest BCUT2D eigenvalue weighted by Crippen LogP contribution is 2.46. The summed E-state index contributed by atoms with van der Waals surface area (Å²) in [5.74, 6) is 2.01. The molecule has 8 aromatic rings. The molecule has 0 amide bonds. The van der Waals surface area contributed by atoms with Gasteiger partial charge in [-0.1, -0.05) is 182 Å². The van der Waals surface area contributed by atoms with E-state index in [0.717, 1.165) is 197 Å². The van der Waals surface area contributed by atoms with Crippen LogP contribution in [0.5, 0.6) is 17.2 Å². The van der Waals surface area contributed by atoms with Crippen molar-refractivity contribution in [2.45, 2.75) is 270 Å². The average molecular weight is 1600 g/mol. The molecule has 18 nitrogen and oxygen atoms in total. The largest absolute Gasteiger partial charge is 0.496 e. The Bertz CT molecular complexity index is 4140. The summed E-state index contributed by atoms with van der Waals surface area (Å²) in [4.78, 5) is 78.8. The molecule has 0 radical (unpaired) electrons. The van der Waals surface area contributed by atoms with Gasteiger partial charge in [-0.25, -0.2) is 19.9 Å². The third kappa shape index (κ3) is 23.8. The minimum atomic E-state index is -0.236. The van der Waals surface area contributed by atoms with Crippen molar-refractivity contribution in [1.29, 1.82) is 0 Å². The predicted octanol–water partition coefficient (Wildman–Crippen LogP) is 21.7. The number of hydrogen-bond acceptors (Lipinski definition) is 22. The topological polar surface area (TPSA) is 221 Å². The number of ether oxygens (including phenoxy) is 3. The van der Waals surface area contributed by atoms with Crippen molar-refractivity contribution in [2.75, 3.05) is 73.1 Å². The van der Waals surface area contributed by atoms with E-state index in [1.54, 1.807) is 19.2 Å². The Balaban J connectivity index is 0.000000206. The number of unbranched alkanes of at least 4 members (excludes halogenated alkanes) is 4. The summed E-state index contributed by atoms with van der Waals surface area (Å²) in [5, 5.41) is 33.0. The minimum Gasteiger partial charge on any atom is -0.496 e. The molecule has 4 heterocycles. The molecule has 2 fully saturated rings. The van der Waals surface area contributed by atoms with Crippen LogP contribution in [0.15, 0.2) is 48.5 Å². The number of aliphatic hydroxyl groups is 3. The molecular formula is C89H126N8O10S4. The lowest BCUT2D eigenvalue weighted by atomic mass is 9.83. The number of rotatable bonds is 35. The fourth-order valence-corrected chi connectivity index (χ4v) is 18.7. The molecule has 3 N–H and O–H groups in total. The molecule has 2 aliphatic rings. The van der Waals surface area contributed by atoms with Gasteiger partial charge in [0.2, 0.25) is 0 Å². The molecular weight excluding hydrogens is 1470 g/mol. The summed E-state index contributed by atoms with van der Waals surface area (Å²) < 4.78 is 17.0. The first kappa shape index (κ1) is 90.7. The second-order valence-electron chi connectivity index (χ2n) is 30.5. The molecule has 0 aliphatic heterocycles. The summed E-state index contributed by atoms with van der Waals surface area (Å²) in [7, 11) is 3.16. The maximum Gasteiger partial charge on any atom is 0.187 e. The van der Waals surface area contributed by atoms with Crippen molar-refractivity contribution in [3.63, 3.8) is 0 Å². The standard InChI is InChI=1S/C25H34N2O3S.C24H36N2OS.C21H30N2O4S.C19H26N2O2S/c1-17-13-18(15-28)23(21(14-17)30-2)24-22(16-29)31-25(26-24)27(19-9-5-3-6-10-19)20-11-7-4-8-12-20;1-8-10-12-26(13-11-9-2)23-25-22(20(16-27)28-23)21-17(3)14-19(15-18(21)4)24(5,6)7;1-4-6-8-23(9-7-5-2)21-22-20(18(14-26)28-21)19-16(13-25)10-15(12-24)11-17(19)27-3;1-7-21(8-2)19-20-18(16(11-22)24-19)17-13(5)9-15(10-14(17)6)23-12(3)4/h13-14,16,19-20,28H,3-12,15H2,1-2H3;14-16H,8-13H2,1-7H3;10-11,14,24-25H,4-9,12-13H2,1-3H3;9-12H,7-8H2,1-6H3. The van der Waals surface area contributed by atoms with Crippen LogP contribution in [0.4, 0.5) is 20.5 Å². The summed E-state index contributed by atoms with van der Waals surface area (Å²) >= 11 is 5.87. The lowest BCUT2D eigenvalue weighted by Crippen LogP contribution is -2.45. The van der Waals surface area contributed by atoms with E-state index in [4.69, 9.17) is 34.1 Å². The van der Waals surface area contributed by atoms with Crippen molar-refractivity contribution in [3.05, 3.63) is 118 Å². The smallest absolute Gasteiger partial charge is 0.187 e. The van der Waals surface area contributed by atoms with E-state index in [-0.39, 0.29) is 31.3 Å². The number of thiazole rings is 4. The van der Waals surface area contributed by atoms with Gasteiger partial charge in [0.1, 0.15) is 17.2 Å². The lowest BCUT2D eigenvalue weighted by Gasteiger charge is -2.41. The van der Waals surface area contributed by atoms with Gasteiger partial charge in [-0.15, -0.1) is 0 Å². The monoisotopic (exact) mass is 1590 g/mol. The van der Waals surface area contributed by atoms with Gasteiger partial charge in [-0.05, 0) is 193 Å². The van der Waals surface area contributed by atoms with Crippen LogP contribution in [0.3, 0.4) is 0 Å². The van der Waals surface area contributed by atoms with E-state index >= 15 is 0 Å². The average Bonchev–Trinajstić information content (AvgIpc) is 1.68. The Hall–Kier alpha value is -7.44. The summed E-state index contributed by atoms with van der Waals surface area (Å²) in [6, 6.07) is 16.9. The summed E-state index contributed by atoms with van der Waals surface area (Å²) in [6.07, 6.45) is 25.2. The molecule has 4 aromatic heterocycles. The number of methoxy groups -OCH3 is 2. The van der Waals surface area contributed by atoms with E-state index in [2.05, 4.69) is 108 Å². The van der Waals surface area contributed by atoms with Crippen molar-refractivity contribution < 1.29 is 48.7 Å². The van der Waals surface area contributed by atoms with Crippen molar-refractivity contribution in [1.82, 2.24) is 19.9 Å². The fourth-order valence-electron chi connectivity index (χ4n) is 14.8. The Morgan fingerprint density at radius 2 is 0.811 bits per heavy atom. The molecule has 0 unspecified atom stereocenters. The van der Waals surface area contributed by atoms with E-state index < -0.39 is 0 Å². The van der Waals surface area contributed by atoms with Crippen LogP contribution in [0, 0.1) is 34.6 Å². The highest BCUT2D eigenvalue weighted by atomic mass is 32.1. The zero-order valence-electron chi connectivity index (χ0n) is 69.7. The van der Waals surface area contributed by atoms with Crippen LogP contribution in [0.1, 0.15) is 280 Å². The first-order chi connectivity index (χ1) is 53.4. The normalized spacial score (nSPS) is 13.1. The Labute approximate surface area is 678 Å². The Morgan fingerprint density at radius 3 is 1.15 bits per heavy atom. The van der Waals surface area contributed by atoms with E-state index in [1.165, 1.54) is 133 Å². The van der Waals surface area contributed by atoms with E-state index in [9.17, 15) is 34.5 Å². The zero-order chi connectivity index (χ0) is 81.1. The minimum absolute atomic E-state index is 0.103. The first-order valence-electron chi connectivity index (χ1n) is 40.4. The first-order valence-corrected chi connectivity index (χ1v) is 43.7. The number of anilines is 4. The van der Waals surface area contributed by atoms with Gasteiger partial charge in [0, 0.05) is 73.6 Å². The van der Waals surface area contributed by atoms with Crippen molar-refractivity contribution in [2.24, 2.45) is 0 Å². The third-order valence-corrected chi connectivity index (χ3v) is 24.7.